The fourth-order valence-corrected chi connectivity index (χ4v) is 4.02. The molecule has 2 unspecified atom stereocenters. The van der Waals surface area contributed by atoms with Crippen molar-refractivity contribution < 1.29 is 9.84 Å². The molecule has 1 aliphatic rings. The smallest absolute Gasteiger partial charge is 0.166 e. The van der Waals surface area contributed by atoms with Crippen molar-refractivity contribution in [2.75, 3.05) is 12.4 Å². The minimum absolute atomic E-state index is 0.0543. The van der Waals surface area contributed by atoms with Crippen LogP contribution in [0.2, 0.25) is 0 Å². The second-order valence-corrected chi connectivity index (χ2v) is 7.14. The third-order valence-electron chi connectivity index (χ3n) is 4.40. The lowest BCUT2D eigenvalue weighted by molar-refractivity contribution is -0.0207. The summed E-state index contributed by atoms with van der Waals surface area (Å²) in [6, 6.07) is 10.4. The van der Waals surface area contributed by atoms with Crippen molar-refractivity contribution >= 4 is 22.9 Å². The molecule has 3 heterocycles. The maximum absolute atomic E-state index is 9.25. The van der Waals surface area contributed by atoms with Crippen LogP contribution in [0, 0.1) is 0 Å². The van der Waals surface area contributed by atoms with E-state index in [0.29, 0.717) is 0 Å². The number of aryl methyl sites for hydroxylation is 1. The Balaban J connectivity index is 1.49. The summed E-state index contributed by atoms with van der Waals surface area (Å²) in [5, 5.41) is 10.2. The van der Waals surface area contributed by atoms with Gasteiger partial charge in [0.1, 0.15) is 23.1 Å². The molecule has 3 aromatic rings. The predicted octanol–water partition coefficient (Wildman–Crippen LogP) is 2.83. The molecule has 130 valence electrons. The zero-order chi connectivity index (χ0) is 17.1. The van der Waals surface area contributed by atoms with Crippen molar-refractivity contribution in [1.82, 2.24) is 19.5 Å². The number of nitrogens with zero attached hydrogens (tertiary/aromatic N) is 4. The standard InChI is InChI=1S/C18H20N4O2S/c23-10-14-6-7-15(24-14)22-12-21-16-17(22)19-11-20-18(16)25-9-8-13-4-2-1-3-5-13/h1-5,11-12,14-15,23H,6-10H2. The molecule has 0 radical (unpaired) electrons. The van der Waals surface area contributed by atoms with E-state index in [1.807, 2.05) is 10.6 Å². The SMILES string of the molecule is OCC1CCC(n2cnc3c(SCCc4ccccc4)ncnc32)O1. The molecule has 1 aliphatic heterocycles. The van der Waals surface area contributed by atoms with Gasteiger partial charge < -0.3 is 9.84 Å². The maximum Gasteiger partial charge on any atom is 0.166 e. The lowest BCUT2D eigenvalue weighted by Crippen LogP contribution is -2.14. The highest BCUT2D eigenvalue weighted by atomic mass is 32.2. The Morgan fingerprint density at radius 1 is 1.16 bits per heavy atom. The Kier molecular flexibility index (Phi) is 4.96. The van der Waals surface area contributed by atoms with Crippen LogP contribution in [0.25, 0.3) is 11.2 Å². The molecule has 2 aromatic heterocycles. The second kappa shape index (κ2) is 7.51. The number of aromatic nitrogens is 4. The molecular formula is C18H20N4O2S. The highest BCUT2D eigenvalue weighted by Crippen LogP contribution is 2.32. The minimum Gasteiger partial charge on any atom is -0.394 e. The summed E-state index contributed by atoms with van der Waals surface area (Å²) in [4.78, 5) is 13.3. The average molecular weight is 356 g/mol. The predicted molar refractivity (Wildman–Crippen MR) is 96.4 cm³/mol. The van der Waals surface area contributed by atoms with Crippen molar-refractivity contribution in [2.45, 2.75) is 36.6 Å². The number of thioether (sulfide) groups is 1. The number of fused-ring (bicyclic) bond motifs is 1. The Hall–Kier alpha value is -1.96. The van der Waals surface area contributed by atoms with Gasteiger partial charge in [0, 0.05) is 5.75 Å². The van der Waals surface area contributed by atoms with E-state index in [0.717, 1.165) is 41.2 Å². The van der Waals surface area contributed by atoms with E-state index < -0.39 is 0 Å². The number of hydrogen-bond donors (Lipinski definition) is 1. The highest BCUT2D eigenvalue weighted by Gasteiger charge is 2.27. The largest absolute Gasteiger partial charge is 0.394 e. The number of benzene rings is 1. The lowest BCUT2D eigenvalue weighted by atomic mass is 10.2. The molecule has 6 nitrogen and oxygen atoms in total. The Bertz CT molecular complexity index is 839. The normalized spacial score (nSPS) is 20.4. The van der Waals surface area contributed by atoms with E-state index in [2.05, 4.69) is 39.2 Å². The number of ether oxygens (including phenoxy) is 1. The summed E-state index contributed by atoms with van der Waals surface area (Å²) in [6.07, 6.45) is 5.85. The van der Waals surface area contributed by atoms with Crippen LogP contribution in [0.3, 0.4) is 0 Å². The molecule has 1 aromatic carbocycles. The third kappa shape index (κ3) is 3.53. The van der Waals surface area contributed by atoms with Crippen molar-refractivity contribution in [3.63, 3.8) is 0 Å². The van der Waals surface area contributed by atoms with E-state index in [1.54, 1.807) is 24.4 Å². The van der Waals surface area contributed by atoms with Gasteiger partial charge in [-0.1, -0.05) is 30.3 Å². The molecular weight excluding hydrogens is 336 g/mol. The van der Waals surface area contributed by atoms with Crippen molar-refractivity contribution in [1.29, 1.82) is 0 Å². The van der Waals surface area contributed by atoms with Crippen LogP contribution in [0.15, 0.2) is 48.0 Å². The van der Waals surface area contributed by atoms with Crippen LogP contribution < -0.4 is 0 Å². The summed E-state index contributed by atoms with van der Waals surface area (Å²) in [5.74, 6) is 0.940. The van der Waals surface area contributed by atoms with Crippen LogP contribution in [0.4, 0.5) is 0 Å². The summed E-state index contributed by atoms with van der Waals surface area (Å²) in [6.45, 7) is 0.0543. The van der Waals surface area contributed by atoms with Crippen LogP contribution in [-0.2, 0) is 11.2 Å². The molecule has 0 aliphatic carbocycles. The molecule has 1 saturated heterocycles. The van der Waals surface area contributed by atoms with E-state index in [1.165, 1.54) is 5.56 Å². The monoisotopic (exact) mass is 356 g/mol. The van der Waals surface area contributed by atoms with Crippen LogP contribution in [0.5, 0.6) is 0 Å². The number of aliphatic hydroxyl groups excluding tert-OH is 1. The number of aliphatic hydroxyl groups is 1. The van der Waals surface area contributed by atoms with Crippen molar-refractivity contribution in [3.05, 3.63) is 48.5 Å². The molecule has 1 fully saturated rings. The molecule has 25 heavy (non-hydrogen) atoms. The van der Waals surface area contributed by atoms with Gasteiger partial charge in [0.2, 0.25) is 0 Å². The first kappa shape index (κ1) is 16.5. The fraction of sp³-hybridized carbons (Fsp3) is 0.389. The van der Waals surface area contributed by atoms with Gasteiger partial charge in [-0.3, -0.25) is 4.57 Å². The first-order valence-electron chi connectivity index (χ1n) is 8.45. The van der Waals surface area contributed by atoms with Gasteiger partial charge in [-0.05, 0) is 24.8 Å². The summed E-state index contributed by atoms with van der Waals surface area (Å²) in [5.41, 5.74) is 2.93. The fourth-order valence-electron chi connectivity index (χ4n) is 3.08. The zero-order valence-electron chi connectivity index (χ0n) is 13.8. The number of hydrogen-bond acceptors (Lipinski definition) is 6. The van der Waals surface area contributed by atoms with Gasteiger partial charge in [-0.15, -0.1) is 11.8 Å². The minimum atomic E-state index is -0.112. The third-order valence-corrected chi connectivity index (χ3v) is 5.38. The molecule has 0 spiro atoms. The van der Waals surface area contributed by atoms with E-state index in [-0.39, 0.29) is 18.9 Å². The van der Waals surface area contributed by atoms with Crippen LogP contribution >= 0.6 is 11.8 Å². The van der Waals surface area contributed by atoms with Crippen LogP contribution in [0.1, 0.15) is 24.6 Å². The molecule has 4 rings (SSSR count). The summed E-state index contributed by atoms with van der Waals surface area (Å²) >= 11 is 1.70. The quantitative estimate of drug-likeness (QED) is 0.541. The van der Waals surface area contributed by atoms with E-state index in [4.69, 9.17) is 4.74 Å². The summed E-state index contributed by atoms with van der Waals surface area (Å²) < 4.78 is 7.80. The lowest BCUT2D eigenvalue weighted by Gasteiger charge is -2.13. The second-order valence-electron chi connectivity index (χ2n) is 6.06. The van der Waals surface area contributed by atoms with Gasteiger partial charge in [0.15, 0.2) is 5.65 Å². The summed E-state index contributed by atoms with van der Waals surface area (Å²) in [7, 11) is 0. The Morgan fingerprint density at radius 3 is 2.84 bits per heavy atom. The van der Waals surface area contributed by atoms with Crippen molar-refractivity contribution in [3.8, 4) is 0 Å². The van der Waals surface area contributed by atoms with Crippen molar-refractivity contribution in [2.24, 2.45) is 0 Å². The van der Waals surface area contributed by atoms with Gasteiger partial charge in [-0.25, -0.2) is 15.0 Å². The van der Waals surface area contributed by atoms with E-state index in [9.17, 15) is 5.11 Å². The number of rotatable bonds is 6. The molecule has 0 bridgehead atoms. The van der Waals surface area contributed by atoms with Gasteiger partial charge in [-0.2, -0.15) is 0 Å². The molecule has 1 N–H and O–H groups in total. The molecule has 0 saturated carbocycles. The molecule has 0 amide bonds. The topological polar surface area (TPSA) is 73.1 Å². The first-order valence-corrected chi connectivity index (χ1v) is 9.44. The van der Waals surface area contributed by atoms with E-state index >= 15 is 0 Å². The van der Waals surface area contributed by atoms with Crippen LogP contribution in [-0.4, -0.2) is 43.1 Å². The van der Waals surface area contributed by atoms with Gasteiger partial charge >= 0.3 is 0 Å². The Morgan fingerprint density at radius 2 is 2.04 bits per heavy atom. The maximum atomic E-state index is 9.25. The number of imidazole rings is 1. The zero-order valence-corrected chi connectivity index (χ0v) is 14.6. The average Bonchev–Trinajstić information content (AvgIpc) is 3.29. The molecule has 2 atom stereocenters. The Labute approximate surface area is 150 Å². The van der Waals surface area contributed by atoms with Gasteiger partial charge in [0.25, 0.3) is 0 Å². The molecule has 7 heteroatoms. The highest BCUT2D eigenvalue weighted by molar-refractivity contribution is 7.99. The first-order chi connectivity index (χ1) is 12.3. The van der Waals surface area contributed by atoms with Gasteiger partial charge in [0.05, 0.1) is 19.0 Å².